The monoisotopic (exact) mass is 166 g/mol. The highest BCUT2D eigenvalue weighted by molar-refractivity contribution is 5.97. The summed E-state index contributed by atoms with van der Waals surface area (Å²) in [7, 11) is 0. The maximum absolute atomic E-state index is 11.1. The average molecular weight is 166 g/mol. The zero-order chi connectivity index (χ0) is 9.56. The molecular formula is C10H14O2. The molecule has 0 N–H and O–H groups in total. The smallest absolute Gasteiger partial charge is 0.158 e. The van der Waals surface area contributed by atoms with Crippen LogP contribution >= 0.6 is 0 Å². The third-order valence-electron chi connectivity index (χ3n) is 1.77. The Morgan fingerprint density at radius 3 is 2.25 bits per heavy atom. The molecule has 1 atom stereocenters. The predicted molar refractivity (Wildman–Crippen MR) is 48.8 cm³/mol. The molecule has 0 heterocycles. The van der Waals surface area contributed by atoms with Crippen molar-refractivity contribution in [3.63, 3.8) is 0 Å². The Balaban J connectivity index is 4.16. The van der Waals surface area contributed by atoms with Crippen LogP contribution in [0.1, 0.15) is 19.8 Å². The molecule has 0 spiro atoms. The van der Waals surface area contributed by atoms with E-state index >= 15 is 0 Å². The molecule has 66 valence electrons. The standard InChI is InChI=1S/C10H14O2/c1-4-8(10(12)6-3)7-9(11)5-2/h5-6,8H,2-4,7H2,1H3/t8-/m1/s1. The number of rotatable bonds is 6. The second kappa shape index (κ2) is 5.47. The topological polar surface area (TPSA) is 34.1 Å². The lowest BCUT2D eigenvalue weighted by atomic mass is 9.95. The molecule has 0 aliphatic heterocycles. The lowest BCUT2D eigenvalue weighted by Gasteiger charge is -2.07. The van der Waals surface area contributed by atoms with E-state index in [1.807, 2.05) is 6.92 Å². The molecule has 0 saturated heterocycles. The van der Waals surface area contributed by atoms with E-state index in [1.165, 1.54) is 12.2 Å². The fourth-order valence-electron chi connectivity index (χ4n) is 0.939. The molecule has 0 fully saturated rings. The Morgan fingerprint density at radius 2 is 1.92 bits per heavy atom. The van der Waals surface area contributed by atoms with E-state index in [-0.39, 0.29) is 23.9 Å². The number of ketones is 2. The fraction of sp³-hybridized carbons (Fsp3) is 0.400. The highest BCUT2D eigenvalue weighted by Crippen LogP contribution is 2.10. The molecule has 0 amide bonds. The molecule has 0 rings (SSSR count). The third-order valence-corrected chi connectivity index (χ3v) is 1.77. The van der Waals surface area contributed by atoms with E-state index in [2.05, 4.69) is 13.2 Å². The van der Waals surface area contributed by atoms with Gasteiger partial charge in [0.2, 0.25) is 0 Å². The Morgan fingerprint density at radius 1 is 1.33 bits per heavy atom. The van der Waals surface area contributed by atoms with Gasteiger partial charge in [0.15, 0.2) is 11.6 Å². The molecule has 0 aliphatic carbocycles. The van der Waals surface area contributed by atoms with Gasteiger partial charge in [0.05, 0.1) is 0 Å². The molecule has 0 radical (unpaired) electrons. The van der Waals surface area contributed by atoms with Gasteiger partial charge < -0.3 is 0 Å². The molecule has 2 heteroatoms. The summed E-state index contributed by atoms with van der Waals surface area (Å²) in [5.74, 6) is -0.363. The third kappa shape index (κ3) is 3.28. The largest absolute Gasteiger partial charge is 0.295 e. The summed E-state index contributed by atoms with van der Waals surface area (Å²) in [5.41, 5.74) is 0. The summed E-state index contributed by atoms with van der Waals surface area (Å²) in [6.45, 7) is 8.60. The van der Waals surface area contributed by atoms with E-state index in [9.17, 15) is 9.59 Å². The molecule has 0 aromatic carbocycles. The van der Waals surface area contributed by atoms with Gasteiger partial charge in [-0.15, -0.1) is 0 Å². The van der Waals surface area contributed by atoms with Crippen molar-refractivity contribution < 1.29 is 9.59 Å². The van der Waals surface area contributed by atoms with E-state index in [1.54, 1.807) is 0 Å². The van der Waals surface area contributed by atoms with E-state index in [0.29, 0.717) is 6.42 Å². The Hall–Kier alpha value is -1.18. The van der Waals surface area contributed by atoms with Crippen molar-refractivity contribution in [3.8, 4) is 0 Å². The van der Waals surface area contributed by atoms with Crippen LogP contribution in [0.3, 0.4) is 0 Å². The zero-order valence-electron chi connectivity index (χ0n) is 7.38. The van der Waals surface area contributed by atoms with Gasteiger partial charge >= 0.3 is 0 Å². The lowest BCUT2D eigenvalue weighted by molar-refractivity contribution is -0.123. The van der Waals surface area contributed by atoms with Gasteiger partial charge in [-0.1, -0.05) is 20.1 Å². The van der Waals surface area contributed by atoms with E-state index < -0.39 is 0 Å². The summed E-state index contributed by atoms with van der Waals surface area (Å²) in [5, 5.41) is 0. The van der Waals surface area contributed by atoms with Gasteiger partial charge in [-0.05, 0) is 18.6 Å². The molecule has 0 unspecified atom stereocenters. The van der Waals surface area contributed by atoms with E-state index in [4.69, 9.17) is 0 Å². The SMILES string of the molecule is C=CC(=O)C[C@@H](CC)C(=O)C=C. The van der Waals surface area contributed by atoms with Gasteiger partial charge in [0.25, 0.3) is 0 Å². The maximum atomic E-state index is 11.1. The molecule has 0 aliphatic rings. The van der Waals surface area contributed by atoms with Crippen LogP contribution in [0.4, 0.5) is 0 Å². The first kappa shape index (κ1) is 10.8. The zero-order valence-corrected chi connectivity index (χ0v) is 7.38. The number of hydrogen-bond acceptors (Lipinski definition) is 2. The summed E-state index contributed by atoms with van der Waals surface area (Å²) in [6, 6.07) is 0. The summed E-state index contributed by atoms with van der Waals surface area (Å²) in [4.78, 5) is 22.0. The normalized spacial score (nSPS) is 11.8. The van der Waals surface area contributed by atoms with Gasteiger partial charge in [-0.25, -0.2) is 0 Å². The van der Waals surface area contributed by atoms with Crippen molar-refractivity contribution in [3.05, 3.63) is 25.3 Å². The van der Waals surface area contributed by atoms with Gasteiger partial charge in [0.1, 0.15) is 0 Å². The Kier molecular flexibility index (Phi) is 4.93. The minimum atomic E-state index is -0.215. The van der Waals surface area contributed by atoms with Crippen molar-refractivity contribution in [2.75, 3.05) is 0 Å². The molecular weight excluding hydrogens is 152 g/mol. The van der Waals surface area contributed by atoms with Crippen molar-refractivity contribution in [2.24, 2.45) is 5.92 Å². The highest BCUT2D eigenvalue weighted by Gasteiger charge is 2.15. The first-order chi connectivity index (χ1) is 5.65. The van der Waals surface area contributed by atoms with Gasteiger partial charge in [-0.3, -0.25) is 9.59 Å². The van der Waals surface area contributed by atoms with Crippen molar-refractivity contribution in [1.29, 1.82) is 0 Å². The first-order valence-electron chi connectivity index (χ1n) is 3.97. The summed E-state index contributed by atoms with van der Waals surface area (Å²) in [6.07, 6.45) is 3.44. The number of carbonyl (C=O) groups is 2. The molecule has 2 nitrogen and oxygen atoms in total. The van der Waals surface area contributed by atoms with Crippen LogP contribution in [0.25, 0.3) is 0 Å². The van der Waals surface area contributed by atoms with Crippen molar-refractivity contribution >= 4 is 11.6 Å². The van der Waals surface area contributed by atoms with Crippen LogP contribution in [0, 0.1) is 5.92 Å². The van der Waals surface area contributed by atoms with Gasteiger partial charge in [-0.2, -0.15) is 0 Å². The maximum Gasteiger partial charge on any atom is 0.158 e. The van der Waals surface area contributed by atoms with E-state index in [0.717, 1.165) is 0 Å². The van der Waals surface area contributed by atoms with Crippen molar-refractivity contribution in [1.82, 2.24) is 0 Å². The molecule has 0 aromatic heterocycles. The van der Waals surface area contributed by atoms with Crippen LogP contribution in [0.15, 0.2) is 25.3 Å². The molecule has 12 heavy (non-hydrogen) atoms. The Bertz CT molecular complexity index is 204. The summed E-state index contributed by atoms with van der Waals surface area (Å²) < 4.78 is 0. The second-order valence-electron chi connectivity index (χ2n) is 2.59. The van der Waals surface area contributed by atoms with Crippen LogP contribution < -0.4 is 0 Å². The lowest BCUT2D eigenvalue weighted by Crippen LogP contribution is -2.14. The molecule has 0 saturated carbocycles. The first-order valence-corrected chi connectivity index (χ1v) is 3.97. The van der Waals surface area contributed by atoms with Crippen molar-refractivity contribution in [2.45, 2.75) is 19.8 Å². The minimum absolute atomic E-state index is 0.0623. The second-order valence-corrected chi connectivity index (χ2v) is 2.59. The summed E-state index contributed by atoms with van der Waals surface area (Å²) >= 11 is 0. The van der Waals surface area contributed by atoms with Crippen LogP contribution in [-0.4, -0.2) is 11.6 Å². The van der Waals surface area contributed by atoms with Crippen LogP contribution in [0.2, 0.25) is 0 Å². The van der Waals surface area contributed by atoms with Gasteiger partial charge in [0, 0.05) is 12.3 Å². The minimum Gasteiger partial charge on any atom is -0.295 e. The average Bonchev–Trinajstić information content (AvgIpc) is 2.12. The molecule has 0 bridgehead atoms. The quantitative estimate of drug-likeness (QED) is 0.565. The highest BCUT2D eigenvalue weighted by atomic mass is 16.1. The van der Waals surface area contributed by atoms with Crippen LogP contribution in [0.5, 0.6) is 0 Å². The van der Waals surface area contributed by atoms with Crippen LogP contribution in [-0.2, 0) is 9.59 Å². The fourth-order valence-corrected chi connectivity index (χ4v) is 0.939. The Labute approximate surface area is 73.0 Å². The predicted octanol–water partition coefficient (Wildman–Crippen LogP) is 1.91. The number of allylic oxidation sites excluding steroid dienone is 2. The number of hydrogen-bond donors (Lipinski definition) is 0. The number of carbonyl (C=O) groups excluding carboxylic acids is 2. The molecule has 0 aromatic rings.